The van der Waals surface area contributed by atoms with E-state index < -0.39 is 0 Å². The van der Waals surface area contributed by atoms with E-state index in [1.165, 1.54) is 4.90 Å². The lowest BCUT2D eigenvalue weighted by Gasteiger charge is -2.19. The summed E-state index contributed by atoms with van der Waals surface area (Å²) in [7, 11) is 1.68. The van der Waals surface area contributed by atoms with Crippen LogP contribution in [0, 0.1) is 5.92 Å². The van der Waals surface area contributed by atoms with Crippen LogP contribution in [0.5, 0.6) is 0 Å². The summed E-state index contributed by atoms with van der Waals surface area (Å²) in [5, 5.41) is 2.87. The molecule has 1 atom stereocenters. The van der Waals surface area contributed by atoms with Gasteiger partial charge in [-0.2, -0.15) is 0 Å². The second-order valence-corrected chi connectivity index (χ2v) is 6.32. The first-order chi connectivity index (χ1) is 10.6. The van der Waals surface area contributed by atoms with Crippen molar-refractivity contribution >= 4 is 29.3 Å². The lowest BCUT2D eigenvalue weighted by molar-refractivity contribution is -0.133. The fraction of sp³-hybridized carbons (Fsp3) is 0.412. The van der Waals surface area contributed by atoms with E-state index in [0.717, 1.165) is 23.4 Å². The van der Waals surface area contributed by atoms with E-state index in [9.17, 15) is 9.59 Å². The van der Waals surface area contributed by atoms with E-state index in [1.54, 1.807) is 18.8 Å². The van der Waals surface area contributed by atoms with E-state index in [4.69, 9.17) is 0 Å². The van der Waals surface area contributed by atoms with Crippen molar-refractivity contribution in [3.63, 3.8) is 0 Å². The first kappa shape index (κ1) is 16.6. The monoisotopic (exact) mass is 318 g/mol. The molecule has 1 N–H and O–H groups in total. The maximum atomic E-state index is 12.1. The molecule has 2 amide bonds. The zero-order chi connectivity index (χ0) is 15.9. The van der Waals surface area contributed by atoms with E-state index in [1.807, 2.05) is 30.5 Å². The molecule has 1 aliphatic rings. The molecule has 1 unspecified atom stereocenters. The van der Waals surface area contributed by atoms with Crippen LogP contribution in [-0.2, 0) is 9.59 Å². The third-order valence-corrected chi connectivity index (χ3v) is 4.53. The van der Waals surface area contributed by atoms with Gasteiger partial charge in [-0.3, -0.25) is 9.59 Å². The molecular weight excluding hydrogens is 296 g/mol. The minimum absolute atomic E-state index is 0.0184. The highest BCUT2D eigenvalue weighted by Crippen LogP contribution is 2.24. The molecule has 5 heteroatoms. The highest BCUT2D eigenvalue weighted by atomic mass is 32.2. The predicted molar refractivity (Wildman–Crippen MR) is 91.0 cm³/mol. The summed E-state index contributed by atoms with van der Waals surface area (Å²) in [4.78, 5) is 26.7. The van der Waals surface area contributed by atoms with Gasteiger partial charge >= 0.3 is 0 Å². The molecule has 1 aromatic rings. The van der Waals surface area contributed by atoms with Gasteiger partial charge in [0, 0.05) is 18.4 Å². The molecule has 1 aromatic carbocycles. The van der Waals surface area contributed by atoms with Gasteiger partial charge < -0.3 is 10.2 Å². The molecule has 0 radical (unpaired) electrons. The zero-order valence-electron chi connectivity index (χ0n) is 13.0. The van der Waals surface area contributed by atoms with Crippen molar-refractivity contribution in [3.8, 4) is 0 Å². The molecule has 22 heavy (non-hydrogen) atoms. The quantitative estimate of drug-likeness (QED) is 0.647. The maximum absolute atomic E-state index is 12.1. The van der Waals surface area contributed by atoms with Crippen molar-refractivity contribution in [2.75, 3.05) is 25.2 Å². The van der Waals surface area contributed by atoms with Crippen LogP contribution in [0.3, 0.4) is 0 Å². The third-order valence-electron chi connectivity index (χ3n) is 3.74. The number of hydrogen-bond acceptors (Lipinski definition) is 3. The second kappa shape index (κ2) is 8.03. The summed E-state index contributed by atoms with van der Waals surface area (Å²) >= 11 is 1.58. The SMILES string of the molecule is CSc1ccccc1NC(=O)CN(C)C(=O)CC1C=CCC1. The zero-order valence-corrected chi connectivity index (χ0v) is 13.9. The Hall–Kier alpha value is -1.75. The van der Waals surface area contributed by atoms with Crippen molar-refractivity contribution < 1.29 is 9.59 Å². The van der Waals surface area contributed by atoms with E-state index in [0.29, 0.717) is 12.3 Å². The molecule has 0 saturated carbocycles. The summed E-state index contributed by atoms with van der Waals surface area (Å²) in [6.07, 6.45) is 8.75. The fourth-order valence-corrected chi connectivity index (χ4v) is 3.04. The summed E-state index contributed by atoms with van der Waals surface area (Å²) < 4.78 is 0. The van der Waals surface area contributed by atoms with E-state index in [2.05, 4.69) is 17.5 Å². The molecule has 0 aliphatic heterocycles. The summed E-state index contributed by atoms with van der Waals surface area (Å²) in [6, 6.07) is 7.65. The first-order valence-corrected chi connectivity index (χ1v) is 8.66. The Kier molecular flexibility index (Phi) is 6.07. The van der Waals surface area contributed by atoms with Crippen LogP contribution < -0.4 is 5.32 Å². The maximum Gasteiger partial charge on any atom is 0.244 e. The number of carbonyl (C=O) groups excluding carboxylic acids is 2. The molecule has 0 aromatic heterocycles. The number of benzene rings is 1. The van der Waals surface area contributed by atoms with Gasteiger partial charge in [0.2, 0.25) is 11.8 Å². The van der Waals surface area contributed by atoms with Crippen molar-refractivity contribution in [3.05, 3.63) is 36.4 Å². The largest absolute Gasteiger partial charge is 0.336 e. The molecule has 4 nitrogen and oxygen atoms in total. The molecule has 2 rings (SSSR count). The van der Waals surface area contributed by atoms with Gasteiger partial charge in [-0.05, 0) is 37.1 Å². The van der Waals surface area contributed by atoms with E-state index in [-0.39, 0.29) is 18.4 Å². The van der Waals surface area contributed by atoms with Crippen LogP contribution in [0.25, 0.3) is 0 Å². The van der Waals surface area contributed by atoms with Crippen LogP contribution in [0.15, 0.2) is 41.3 Å². The van der Waals surface area contributed by atoms with Crippen LogP contribution in [0.2, 0.25) is 0 Å². The molecule has 0 heterocycles. The fourth-order valence-electron chi connectivity index (χ4n) is 2.49. The highest BCUT2D eigenvalue weighted by molar-refractivity contribution is 7.98. The molecule has 0 bridgehead atoms. The molecule has 1 aliphatic carbocycles. The summed E-state index contributed by atoms with van der Waals surface area (Å²) in [5.41, 5.74) is 0.791. The number of likely N-dealkylation sites (N-methyl/N-ethyl adjacent to an activating group) is 1. The van der Waals surface area contributed by atoms with Gasteiger partial charge in [-0.1, -0.05) is 24.3 Å². The molecule has 118 valence electrons. The van der Waals surface area contributed by atoms with Gasteiger partial charge in [-0.25, -0.2) is 0 Å². The first-order valence-electron chi connectivity index (χ1n) is 7.43. The lowest BCUT2D eigenvalue weighted by atomic mass is 10.0. The standard InChI is InChI=1S/C17H22N2O2S/c1-19(17(21)11-13-7-3-4-8-13)12-16(20)18-14-9-5-6-10-15(14)22-2/h3,5-7,9-10,13H,4,8,11-12H2,1-2H3,(H,18,20). The molecule has 0 saturated heterocycles. The minimum atomic E-state index is -0.167. The number of rotatable bonds is 6. The van der Waals surface area contributed by atoms with E-state index >= 15 is 0 Å². The number of carbonyl (C=O) groups is 2. The molecule has 0 spiro atoms. The number of amides is 2. The van der Waals surface area contributed by atoms with Crippen LogP contribution in [-0.4, -0.2) is 36.6 Å². The lowest BCUT2D eigenvalue weighted by Crippen LogP contribution is -2.35. The normalized spacial score (nSPS) is 16.5. The molecule has 0 fully saturated rings. The smallest absolute Gasteiger partial charge is 0.244 e. The van der Waals surface area contributed by atoms with Crippen LogP contribution in [0.4, 0.5) is 5.69 Å². The number of nitrogens with zero attached hydrogens (tertiary/aromatic N) is 1. The van der Waals surface area contributed by atoms with Crippen molar-refractivity contribution in [2.24, 2.45) is 5.92 Å². The van der Waals surface area contributed by atoms with Gasteiger partial charge in [0.1, 0.15) is 0 Å². The number of para-hydroxylation sites is 1. The van der Waals surface area contributed by atoms with Crippen molar-refractivity contribution in [2.45, 2.75) is 24.2 Å². The Labute approximate surface area is 136 Å². The van der Waals surface area contributed by atoms with Crippen molar-refractivity contribution in [1.82, 2.24) is 4.90 Å². The Balaban J connectivity index is 1.85. The van der Waals surface area contributed by atoms with Gasteiger partial charge in [0.15, 0.2) is 0 Å². The minimum Gasteiger partial charge on any atom is -0.336 e. The average Bonchev–Trinajstić information content (AvgIpc) is 3.00. The summed E-state index contributed by atoms with van der Waals surface area (Å²) in [6.45, 7) is 0.0813. The summed E-state index contributed by atoms with van der Waals surface area (Å²) in [5.74, 6) is 0.180. The van der Waals surface area contributed by atoms with Crippen LogP contribution >= 0.6 is 11.8 Å². The Morgan fingerprint density at radius 2 is 2.14 bits per heavy atom. The number of hydrogen-bond donors (Lipinski definition) is 1. The van der Waals surface area contributed by atoms with Crippen molar-refractivity contribution in [1.29, 1.82) is 0 Å². The second-order valence-electron chi connectivity index (χ2n) is 5.47. The number of nitrogens with one attached hydrogen (secondary N) is 1. The van der Waals surface area contributed by atoms with Gasteiger partial charge in [0.25, 0.3) is 0 Å². The number of thioether (sulfide) groups is 1. The Morgan fingerprint density at radius 3 is 2.82 bits per heavy atom. The Bertz CT molecular complexity index is 572. The van der Waals surface area contributed by atoms with Gasteiger partial charge in [-0.15, -0.1) is 11.8 Å². The molecular formula is C17H22N2O2S. The highest BCUT2D eigenvalue weighted by Gasteiger charge is 2.18. The average molecular weight is 318 g/mol. The third kappa shape index (κ3) is 4.63. The van der Waals surface area contributed by atoms with Gasteiger partial charge in [0.05, 0.1) is 12.2 Å². The predicted octanol–water partition coefficient (Wildman–Crippen LogP) is 3.16. The number of anilines is 1. The number of allylic oxidation sites excluding steroid dienone is 2. The van der Waals surface area contributed by atoms with Crippen LogP contribution in [0.1, 0.15) is 19.3 Å². The topological polar surface area (TPSA) is 49.4 Å². The Morgan fingerprint density at radius 1 is 1.36 bits per heavy atom.